The summed E-state index contributed by atoms with van der Waals surface area (Å²) < 4.78 is 23.4. The highest BCUT2D eigenvalue weighted by Crippen LogP contribution is 2.38. The second-order valence-corrected chi connectivity index (χ2v) is 28.4. The van der Waals surface area contributed by atoms with E-state index in [0.717, 1.165) is 44.9 Å². The van der Waals surface area contributed by atoms with E-state index in [4.69, 9.17) is 9.05 Å². The molecule has 0 heterocycles. The number of allylic oxidation sites excluding steroid dienone is 5. The van der Waals surface area contributed by atoms with E-state index in [9.17, 15) is 19.4 Å². The largest absolute Gasteiger partial charge is 0.756 e. The fourth-order valence-corrected chi connectivity index (χ4v) is 12.3. The van der Waals surface area contributed by atoms with Gasteiger partial charge in [-0.1, -0.05) is 371 Å². The fraction of sp³-hybridized carbons (Fsp3) is 0.907. The maximum Gasteiger partial charge on any atom is 0.268 e. The Morgan fingerprint density at radius 2 is 0.667 bits per heavy atom. The van der Waals surface area contributed by atoms with Crippen LogP contribution in [0.5, 0.6) is 0 Å². The summed E-state index contributed by atoms with van der Waals surface area (Å²) in [5.74, 6) is -0.203. The molecule has 0 aromatic carbocycles. The summed E-state index contributed by atoms with van der Waals surface area (Å²) in [6.07, 6.45) is 88.8. The van der Waals surface area contributed by atoms with Gasteiger partial charge in [-0.3, -0.25) is 9.36 Å². The van der Waals surface area contributed by atoms with Crippen LogP contribution >= 0.6 is 7.82 Å². The van der Waals surface area contributed by atoms with Crippen LogP contribution in [0, 0.1) is 0 Å². The smallest absolute Gasteiger partial charge is 0.268 e. The highest BCUT2D eigenvalue weighted by Gasteiger charge is 2.23. The van der Waals surface area contributed by atoms with Crippen molar-refractivity contribution in [2.24, 2.45) is 0 Å². The van der Waals surface area contributed by atoms with E-state index in [-0.39, 0.29) is 12.5 Å². The van der Waals surface area contributed by atoms with Gasteiger partial charge in [-0.15, -0.1) is 0 Å². The molecule has 0 aliphatic carbocycles. The number of amides is 1. The van der Waals surface area contributed by atoms with Crippen molar-refractivity contribution in [3.8, 4) is 0 Å². The molecule has 0 bridgehead atoms. The Kier molecular flexibility index (Phi) is 65.1. The summed E-state index contributed by atoms with van der Waals surface area (Å²) in [5.41, 5.74) is 0. The first kappa shape index (κ1) is 82.7. The number of aliphatic hydroxyl groups excluding tert-OH is 1. The lowest BCUT2D eigenvalue weighted by Crippen LogP contribution is -2.45. The van der Waals surface area contributed by atoms with Crippen LogP contribution in [0.15, 0.2) is 36.5 Å². The molecular formula is C75H147N2O6P. The number of rotatable bonds is 70. The van der Waals surface area contributed by atoms with Crippen LogP contribution in [0.3, 0.4) is 0 Å². The first-order valence-electron chi connectivity index (χ1n) is 37.4. The molecule has 0 spiro atoms. The number of phosphoric ester groups is 1. The average Bonchev–Trinajstić information content (AvgIpc) is 3.56. The minimum absolute atomic E-state index is 0.00710. The Morgan fingerprint density at radius 3 is 0.964 bits per heavy atom. The second kappa shape index (κ2) is 66.1. The van der Waals surface area contributed by atoms with Gasteiger partial charge in [-0.05, 0) is 44.9 Å². The van der Waals surface area contributed by atoms with Gasteiger partial charge in [-0.2, -0.15) is 0 Å². The first-order valence-corrected chi connectivity index (χ1v) is 38.8. The minimum Gasteiger partial charge on any atom is -0.756 e. The van der Waals surface area contributed by atoms with Crippen molar-refractivity contribution in [1.82, 2.24) is 5.32 Å². The SMILES string of the molecule is CCCCCCCCCCCCCC/C=C/CC/C=C/CC/C=C/C(O)C(COP(=O)([O-])OCC[N+](C)(C)C)NC(=O)CCCCCCCCCCCCCCCCCCCCCCCCCCCCCCCCCCCCCCCCCC. The fourth-order valence-electron chi connectivity index (χ4n) is 11.5. The molecule has 0 aromatic rings. The summed E-state index contributed by atoms with van der Waals surface area (Å²) >= 11 is 0. The van der Waals surface area contributed by atoms with E-state index < -0.39 is 26.6 Å². The molecule has 2 N–H and O–H groups in total. The number of unbranched alkanes of at least 4 members (excludes halogenated alkanes) is 53. The molecule has 0 aliphatic heterocycles. The van der Waals surface area contributed by atoms with Crippen LogP contribution in [0.25, 0.3) is 0 Å². The Hall–Kier alpha value is -1.28. The van der Waals surface area contributed by atoms with Crippen LogP contribution < -0.4 is 10.2 Å². The molecule has 9 heteroatoms. The van der Waals surface area contributed by atoms with Crippen molar-refractivity contribution < 1.29 is 32.9 Å². The number of nitrogens with one attached hydrogen (secondary N) is 1. The summed E-state index contributed by atoms with van der Waals surface area (Å²) in [4.78, 5) is 25.6. The summed E-state index contributed by atoms with van der Waals surface area (Å²) in [5, 5.41) is 13.9. The second-order valence-electron chi connectivity index (χ2n) is 27.0. The van der Waals surface area contributed by atoms with Crippen LogP contribution in [-0.2, 0) is 18.4 Å². The van der Waals surface area contributed by atoms with Crippen LogP contribution in [0.4, 0.5) is 0 Å². The predicted octanol–water partition coefficient (Wildman–Crippen LogP) is 23.4. The van der Waals surface area contributed by atoms with Crippen LogP contribution in [0.2, 0.25) is 0 Å². The maximum absolute atomic E-state index is 13.0. The Labute approximate surface area is 525 Å². The zero-order chi connectivity index (χ0) is 61.2. The van der Waals surface area contributed by atoms with Gasteiger partial charge in [0, 0.05) is 6.42 Å². The summed E-state index contributed by atoms with van der Waals surface area (Å²) in [7, 11) is 1.25. The van der Waals surface area contributed by atoms with E-state index in [2.05, 4.69) is 43.5 Å². The van der Waals surface area contributed by atoms with Crippen LogP contribution in [0.1, 0.15) is 386 Å². The monoisotopic (exact) mass is 1200 g/mol. The summed E-state index contributed by atoms with van der Waals surface area (Å²) in [6.45, 7) is 4.68. The molecule has 3 atom stereocenters. The van der Waals surface area contributed by atoms with Gasteiger partial charge < -0.3 is 28.8 Å². The van der Waals surface area contributed by atoms with Crippen molar-refractivity contribution in [1.29, 1.82) is 0 Å². The molecule has 0 saturated carbocycles. The molecule has 0 aliphatic rings. The third-order valence-electron chi connectivity index (χ3n) is 17.3. The zero-order valence-electron chi connectivity index (χ0n) is 57.1. The molecular weight excluding hydrogens is 1060 g/mol. The molecule has 498 valence electrons. The van der Waals surface area contributed by atoms with Crippen molar-refractivity contribution in [3.63, 3.8) is 0 Å². The quantitative estimate of drug-likeness (QED) is 0.0272. The molecule has 3 unspecified atom stereocenters. The van der Waals surface area contributed by atoms with E-state index in [1.165, 1.54) is 321 Å². The molecule has 0 radical (unpaired) electrons. The number of hydrogen-bond donors (Lipinski definition) is 2. The van der Waals surface area contributed by atoms with Crippen molar-refractivity contribution >= 4 is 13.7 Å². The number of phosphoric acid groups is 1. The third kappa shape index (κ3) is 68.2. The van der Waals surface area contributed by atoms with Crippen molar-refractivity contribution in [3.05, 3.63) is 36.5 Å². The third-order valence-corrected chi connectivity index (χ3v) is 18.3. The number of quaternary nitrogens is 1. The number of nitrogens with zero attached hydrogens (tertiary/aromatic N) is 1. The lowest BCUT2D eigenvalue weighted by molar-refractivity contribution is -0.870. The standard InChI is InChI=1S/C75H147N2O6P/c1-6-8-10-12-14-16-18-20-22-24-26-28-30-31-32-33-34-35-36-37-38-39-40-41-42-43-44-45-46-47-49-51-53-55-57-59-61-63-65-67-69-75(79)76-73(72-83-84(80,81)82-71-70-77(3,4)5)74(78)68-66-64-62-60-58-56-54-52-50-48-29-27-25-23-21-19-17-15-13-11-9-7-2/h50,52,58,60,66,68,73-74,78H,6-49,51,53-57,59,61-65,67,69-72H2,1-5H3,(H-,76,79,80,81)/b52-50+,60-58+,68-66+. The van der Waals surface area contributed by atoms with Gasteiger partial charge in [0.1, 0.15) is 13.2 Å². The Morgan fingerprint density at radius 1 is 0.405 bits per heavy atom. The number of aliphatic hydroxyl groups is 1. The average molecular weight is 1200 g/mol. The van der Waals surface area contributed by atoms with Gasteiger partial charge in [0.05, 0.1) is 39.9 Å². The highest BCUT2D eigenvalue weighted by atomic mass is 31.2. The molecule has 0 fully saturated rings. The Balaban J connectivity index is 3.93. The number of carbonyl (C=O) groups excluding carboxylic acids is 1. The van der Waals surface area contributed by atoms with Crippen LogP contribution in [-0.4, -0.2) is 68.5 Å². The minimum atomic E-state index is -4.61. The number of likely N-dealkylation sites (N-methyl/N-ethyl adjacent to an activating group) is 1. The van der Waals surface area contributed by atoms with E-state index in [1.807, 2.05) is 27.2 Å². The lowest BCUT2D eigenvalue weighted by Gasteiger charge is -2.29. The topological polar surface area (TPSA) is 108 Å². The number of carbonyl (C=O) groups is 1. The van der Waals surface area contributed by atoms with Crippen molar-refractivity contribution in [2.45, 2.75) is 398 Å². The van der Waals surface area contributed by atoms with E-state index in [1.54, 1.807) is 6.08 Å². The molecule has 8 nitrogen and oxygen atoms in total. The Bertz CT molecular complexity index is 1460. The predicted molar refractivity (Wildman–Crippen MR) is 367 cm³/mol. The molecule has 0 aromatic heterocycles. The molecule has 0 rings (SSSR count). The van der Waals surface area contributed by atoms with Gasteiger partial charge in [0.15, 0.2) is 0 Å². The van der Waals surface area contributed by atoms with E-state index >= 15 is 0 Å². The highest BCUT2D eigenvalue weighted by molar-refractivity contribution is 7.45. The van der Waals surface area contributed by atoms with Gasteiger partial charge in [0.2, 0.25) is 5.91 Å². The molecule has 0 saturated heterocycles. The molecule has 1 amide bonds. The lowest BCUT2D eigenvalue weighted by atomic mass is 10.0. The van der Waals surface area contributed by atoms with E-state index in [0.29, 0.717) is 17.4 Å². The number of hydrogen-bond acceptors (Lipinski definition) is 6. The van der Waals surface area contributed by atoms with Crippen molar-refractivity contribution in [2.75, 3.05) is 40.9 Å². The van der Waals surface area contributed by atoms with Gasteiger partial charge >= 0.3 is 0 Å². The van der Waals surface area contributed by atoms with Gasteiger partial charge in [-0.25, -0.2) is 0 Å². The normalized spacial score (nSPS) is 13.8. The first-order chi connectivity index (χ1) is 41.0. The molecule has 84 heavy (non-hydrogen) atoms. The summed E-state index contributed by atoms with van der Waals surface area (Å²) in [6, 6.07) is -0.909. The van der Waals surface area contributed by atoms with Gasteiger partial charge in [0.25, 0.3) is 7.82 Å². The zero-order valence-corrected chi connectivity index (χ0v) is 58.0. The maximum atomic E-state index is 13.0.